The zero-order valence-corrected chi connectivity index (χ0v) is 8.95. The average molecular weight is 186 g/mol. The third kappa shape index (κ3) is 3.28. The molecule has 0 aliphatic heterocycles. The minimum absolute atomic E-state index is 0.176. The Balaban J connectivity index is 2.23. The molecule has 0 aromatic heterocycles. The normalized spacial score (nSPS) is 24.5. The smallest absolute Gasteiger partial charge is 0.0643 e. The fraction of sp³-hybridized carbons (Fsp3) is 1.00. The van der Waals surface area contributed by atoms with Crippen LogP contribution in [0.3, 0.4) is 0 Å². The summed E-state index contributed by atoms with van der Waals surface area (Å²) < 4.78 is 0. The molecule has 0 aromatic rings. The van der Waals surface area contributed by atoms with Gasteiger partial charge in [-0.15, -0.1) is 0 Å². The van der Waals surface area contributed by atoms with Crippen LogP contribution in [0.2, 0.25) is 0 Å². The minimum Gasteiger partial charge on any atom is -0.393 e. The Bertz CT molecular complexity index is 159. The molecular formula is C11H22O2. The molecule has 0 heterocycles. The molecule has 1 aliphatic carbocycles. The van der Waals surface area contributed by atoms with E-state index in [1.165, 1.54) is 12.8 Å². The summed E-state index contributed by atoms with van der Waals surface area (Å²) in [7, 11) is 0. The first-order valence-electron chi connectivity index (χ1n) is 5.34. The van der Waals surface area contributed by atoms with Crippen LogP contribution in [0.4, 0.5) is 0 Å². The molecule has 78 valence electrons. The first kappa shape index (κ1) is 11.0. The van der Waals surface area contributed by atoms with E-state index in [9.17, 15) is 10.2 Å². The van der Waals surface area contributed by atoms with E-state index in [4.69, 9.17) is 0 Å². The Morgan fingerprint density at radius 1 is 1.38 bits per heavy atom. The highest BCUT2D eigenvalue weighted by Crippen LogP contribution is 2.35. The highest BCUT2D eigenvalue weighted by Gasteiger charge is 2.32. The Hall–Kier alpha value is -0.0800. The molecule has 2 heteroatoms. The maximum atomic E-state index is 9.93. The van der Waals surface area contributed by atoms with Crippen LogP contribution in [0.5, 0.6) is 0 Å². The zero-order chi connectivity index (χ0) is 10.1. The highest BCUT2D eigenvalue weighted by atomic mass is 16.3. The highest BCUT2D eigenvalue weighted by molar-refractivity contribution is 4.84. The van der Waals surface area contributed by atoms with Crippen LogP contribution in [0, 0.1) is 11.8 Å². The Morgan fingerprint density at radius 2 is 1.92 bits per heavy atom. The van der Waals surface area contributed by atoms with Crippen molar-refractivity contribution in [3.8, 4) is 0 Å². The summed E-state index contributed by atoms with van der Waals surface area (Å²) in [4.78, 5) is 0. The number of aliphatic hydroxyl groups excluding tert-OH is 1. The molecule has 1 fully saturated rings. The summed E-state index contributed by atoms with van der Waals surface area (Å²) in [6, 6.07) is 0. The maximum Gasteiger partial charge on any atom is 0.0643 e. The Morgan fingerprint density at radius 3 is 2.31 bits per heavy atom. The fourth-order valence-corrected chi connectivity index (χ4v) is 1.45. The van der Waals surface area contributed by atoms with Crippen LogP contribution >= 0.6 is 0 Å². The van der Waals surface area contributed by atoms with Crippen LogP contribution in [-0.4, -0.2) is 21.9 Å². The number of rotatable bonds is 5. The summed E-state index contributed by atoms with van der Waals surface area (Å²) in [5.74, 6) is 0.793. The second-order valence-corrected chi connectivity index (χ2v) is 4.96. The molecule has 0 spiro atoms. The zero-order valence-electron chi connectivity index (χ0n) is 8.95. The van der Waals surface area contributed by atoms with E-state index >= 15 is 0 Å². The monoisotopic (exact) mass is 186 g/mol. The van der Waals surface area contributed by atoms with E-state index in [-0.39, 0.29) is 12.0 Å². The SMILES string of the molecule is CC(C)C(C)(O)CCC(O)C1CC1. The van der Waals surface area contributed by atoms with Crippen molar-refractivity contribution < 1.29 is 10.2 Å². The third-order valence-corrected chi connectivity index (χ3v) is 3.36. The molecule has 2 N–H and O–H groups in total. The maximum absolute atomic E-state index is 9.93. The number of hydrogen-bond acceptors (Lipinski definition) is 2. The predicted octanol–water partition coefficient (Wildman–Crippen LogP) is 1.94. The van der Waals surface area contributed by atoms with Crippen molar-refractivity contribution in [3.05, 3.63) is 0 Å². The van der Waals surface area contributed by atoms with Crippen molar-refractivity contribution in [2.45, 2.75) is 58.2 Å². The molecular weight excluding hydrogens is 164 g/mol. The van der Waals surface area contributed by atoms with E-state index in [1.807, 2.05) is 20.8 Å². The van der Waals surface area contributed by atoms with Gasteiger partial charge in [0.1, 0.15) is 0 Å². The molecule has 1 saturated carbocycles. The van der Waals surface area contributed by atoms with Gasteiger partial charge < -0.3 is 10.2 Å². The molecule has 2 unspecified atom stereocenters. The summed E-state index contributed by atoms with van der Waals surface area (Å²) in [6.07, 6.45) is 3.62. The second kappa shape index (κ2) is 3.97. The molecule has 1 rings (SSSR count). The van der Waals surface area contributed by atoms with Gasteiger partial charge in [0.25, 0.3) is 0 Å². The van der Waals surface area contributed by atoms with Crippen molar-refractivity contribution in [3.63, 3.8) is 0 Å². The molecule has 13 heavy (non-hydrogen) atoms. The van der Waals surface area contributed by atoms with Gasteiger partial charge in [0.2, 0.25) is 0 Å². The molecule has 0 bridgehead atoms. The quantitative estimate of drug-likeness (QED) is 0.689. The lowest BCUT2D eigenvalue weighted by molar-refractivity contribution is -0.00959. The predicted molar refractivity (Wildman–Crippen MR) is 53.4 cm³/mol. The summed E-state index contributed by atoms with van der Waals surface area (Å²) >= 11 is 0. The van der Waals surface area contributed by atoms with E-state index in [0.717, 1.165) is 6.42 Å². The van der Waals surface area contributed by atoms with Crippen LogP contribution in [0.25, 0.3) is 0 Å². The third-order valence-electron chi connectivity index (χ3n) is 3.36. The van der Waals surface area contributed by atoms with E-state index in [0.29, 0.717) is 12.3 Å². The van der Waals surface area contributed by atoms with Crippen molar-refractivity contribution in [1.29, 1.82) is 0 Å². The first-order valence-corrected chi connectivity index (χ1v) is 5.34. The minimum atomic E-state index is -0.615. The second-order valence-electron chi connectivity index (χ2n) is 4.96. The van der Waals surface area contributed by atoms with Gasteiger partial charge in [-0.25, -0.2) is 0 Å². The van der Waals surface area contributed by atoms with Gasteiger partial charge in [0.15, 0.2) is 0 Å². The van der Waals surface area contributed by atoms with Gasteiger partial charge in [-0.05, 0) is 44.4 Å². The van der Waals surface area contributed by atoms with Crippen LogP contribution < -0.4 is 0 Å². The molecule has 2 atom stereocenters. The van der Waals surface area contributed by atoms with Crippen molar-refractivity contribution in [2.24, 2.45) is 11.8 Å². The van der Waals surface area contributed by atoms with Crippen molar-refractivity contribution in [2.75, 3.05) is 0 Å². The fourth-order valence-electron chi connectivity index (χ4n) is 1.45. The summed E-state index contributed by atoms with van der Waals surface area (Å²) in [6.45, 7) is 5.89. The number of aliphatic hydroxyl groups is 2. The largest absolute Gasteiger partial charge is 0.393 e. The van der Waals surface area contributed by atoms with Crippen LogP contribution in [0.15, 0.2) is 0 Å². The topological polar surface area (TPSA) is 40.5 Å². The van der Waals surface area contributed by atoms with Gasteiger partial charge in [-0.3, -0.25) is 0 Å². The van der Waals surface area contributed by atoms with E-state index in [2.05, 4.69) is 0 Å². The van der Waals surface area contributed by atoms with Gasteiger partial charge in [-0.1, -0.05) is 13.8 Å². The molecule has 1 aliphatic rings. The molecule has 0 saturated heterocycles. The molecule has 0 radical (unpaired) electrons. The van der Waals surface area contributed by atoms with Crippen molar-refractivity contribution in [1.82, 2.24) is 0 Å². The van der Waals surface area contributed by atoms with E-state index < -0.39 is 5.60 Å². The lowest BCUT2D eigenvalue weighted by Crippen LogP contribution is -2.32. The molecule has 2 nitrogen and oxygen atoms in total. The van der Waals surface area contributed by atoms with Crippen LogP contribution in [0.1, 0.15) is 46.5 Å². The van der Waals surface area contributed by atoms with Gasteiger partial charge in [0, 0.05) is 0 Å². The number of hydrogen-bond donors (Lipinski definition) is 2. The first-order chi connectivity index (χ1) is 5.93. The van der Waals surface area contributed by atoms with Crippen LogP contribution in [-0.2, 0) is 0 Å². The lowest BCUT2D eigenvalue weighted by Gasteiger charge is -2.28. The molecule has 0 amide bonds. The Labute approximate surface area is 81.0 Å². The lowest BCUT2D eigenvalue weighted by atomic mass is 9.86. The van der Waals surface area contributed by atoms with E-state index in [1.54, 1.807) is 0 Å². The standard InChI is InChI=1S/C11H22O2/c1-8(2)11(3,13)7-6-10(12)9-4-5-9/h8-10,12-13H,4-7H2,1-3H3. The van der Waals surface area contributed by atoms with Gasteiger partial charge in [0.05, 0.1) is 11.7 Å². The Kier molecular flexibility index (Phi) is 3.36. The molecule has 0 aromatic carbocycles. The van der Waals surface area contributed by atoms with Gasteiger partial charge in [-0.2, -0.15) is 0 Å². The summed E-state index contributed by atoms with van der Waals surface area (Å²) in [5.41, 5.74) is -0.615. The average Bonchev–Trinajstić information content (AvgIpc) is 2.82. The van der Waals surface area contributed by atoms with Gasteiger partial charge >= 0.3 is 0 Å². The summed E-state index contributed by atoms with van der Waals surface area (Å²) in [5, 5.41) is 19.6. The van der Waals surface area contributed by atoms with Crippen molar-refractivity contribution >= 4 is 0 Å².